The molecule has 0 fully saturated rings. The Hall–Kier alpha value is -0.610. The van der Waals surface area contributed by atoms with Crippen molar-refractivity contribution in [1.82, 2.24) is 5.32 Å². The summed E-state index contributed by atoms with van der Waals surface area (Å²) in [4.78, 5) is 10.2. The molecule has 1 amide bonds. The largest absolute Gasteiger partial charge is 0.386 e. The van der Waals surface area contributed by atoms with Gasteiger partial charge in [-0.25, -0.2) is 5.32 Å². The summed E-state index contributed by atoms with van der Waals surface area (Å²) in [5.74, 6) is -0.493. The molecule has 0 aliphatic heterocycles. The predicted molar refractivity (Wildman–Crippen MR) is 31.0 cm³/mol. The third-order valence-electron chi connectivity index (χ3n) is 0.719. The molecule has 0 aromatic carbocycles. The molecule has 53 valence electrons. The van der Waals surface area contributed by atoms with Crippen LogP contribution in [0.4, 0.5) is 0 Å². The van der Waals surface area contributed by atoms with Crippen LogP contribution in [0.5, 0.6) is 0 Å². The first-order valence-corrected chi connectivity index (χ1v) is 2.61. The lowest BCUT2D eigenvalue weighted by Crippen LogP contribution is -2.22. The van der Waals surface area contributed by atoms with E-state index in [2.05, 4.69) is 10.1 Å². The van der Waals surface area contributed by atoms with Crippen molar-refractivity contribution in [2.45, 2.75) is 0 Å². The van der Waals surface area contributed by atoms with Gasteiger partial charge >= 0.3 is 0 Å². The highest BCUT2D eigenvalue weighted by Crippen LogP contribution is 1.68. The molecule has 1 radical (unpaired) electrons. The van der Waals surface area contributed by atoms with Crippen LogP contribution in [0.2, 0.25) is 0 Å². The Balaban J connectivity index is 2.97. The Bertz CT molecular complexity index is 84.3. The van der Waals surface area contributed by atoms with Crippen LogP contribution in [0.25, 0.3) is 0 Å². The topological polar surface area (TPSA) is 60.6 Å². The molecule has 0 aliphatic carbocycles. The van der Waals surface area contributed by atoms with E-state index in [0.717, 1.165) is 0 Å². The van der Waals surface area contributed by atoms with E-state index < -0.39 is 12.5 Å². The van der Waals surface area contributed by atoms with Crippen molar-refractivity contribution in [2.24, 2.45) is 0 Å². The SMILES string of the molecule is COCC[N]C(=O)CO. The summed E-state index contributed by atoms with van der Waals surface area (Å²) in [7, 11) is 1.53. The van der Waals surface area contributed by atoms with E-state index in [1.807, 2.05) is 0 Å². The number of rotatable bonds is 4. The van der Waals surface area contributed by atoms with Crippen LogP contribution in [-0.2, 0) is 9.53 Å². The van der Waals surface area contributed by atoms with Gasteiger partial charge in [-0.15, -0.1) is 0 Å². The predicted octanol–water partition coefficient (Wildman–Crippen LogP) is -1.24. The molecule has 0 bridgehead atoms. The van der Waals surface area contributed by atoms with Crippen LogP contribution in [0, 0.1) is 0 Å². The number of nitrogens with zero attached hydrogens (tertiary/aromatic N) is 1. The average Bonchev–Trinajstić information content (AvgIpc) is 1.89. The van der Waals surface area contributed by atoms with E-state index in [4.69, 9.17) is 5.11 Å². The Labute approximate surface area is 53.8 Å². The number of carbonyl (C=O) groups excluding carboxylic acids is 1. The lowest BCUT2D eigenvalue weighted by atomic mass is 10.6. The van der Waals surface area contributed by atoms with Crippen molar-refractivity contribution >= 4 is 5.91 Å². The van der Waals surface area contributed by atoms with E-state index in [1.165, 1.54) is 7.11 Å². The summed E-state index contributed by atoms with van der Waals surface area (Å²) >= 11 is 0. The fourth-order valence-corrected chi connectivity index (χ4v) is 0.312. The Morgan fingerprint density at radius 3 is 2.89 bits per heavy atom. The summed E-state index contributed by atoms with van der Waals surface area (Å²) in [6.07, 6.45) is 0. The van der Waals surface area contributed by atoms with Gasteiger partial charge in [0.1, 0.15) is 6.61 Å². The molecule has 0 rings (SSSR count). The molecule has 0 aromatic rings. The zero-order chi connectivity index (χ0) is 7.11. The summed E-state index contributed by atoms with van der Waals surface area (Å²) in [5.41, 5.74) is 0. The maximum Gasteiger partial charge on any atom is 0.266 e. The third-order valence-corrected chi connectivity index (χ3v) is 0.719. The Morgan fingerprint density at radius 2 is 2.44 bits per heavy atom. The number of amides is 1. The molecule has 0 spiro atoms. The van der Waals surface area contributed by atoms with Crippen molar-refractivity contribution < 1.29 is 14.6 Å². The van der Waals surface area contributed by atoms with Gasteiger partial charge in [0.15, 0.2) is 0 Å². The van der Waals surface area contributed by atoms with E-state index in [9.17, 15) is 4.79 Å². The van der Waals surface area contributed by atoms with Crippen LogP contribution in [0.3, 0.4) is 0 Å². The molecule has 1 N–H and O–H groups in total. The third kappa shape index (κ3) is 5.26. The van der Waals surface area contributed by atoms with Crippen LogP contribution < -0.4 is 5.32 Å². The molecule has 0 unspecified atom stereocenters. The molecule has 0 saturated carbocycles. The molecule has 9 heavy (non-hydrogen) atoms. The summed E-state index contributed by atoms with van der Waals surface area (Å²) in [6, 6.07) is 0. The van der Waals surface area contributed by atoms with E-state index in [0.29, 0.717) is 13.2 Å². The smallest absolute Gasteiger partial charge is 0.266 e. The molecule has 0 saturated heterocycles. The first kappa shape index (κ1) is 8.39. The number of hydrogen-bond donors (Lipinski definition) is 1. The molecular weight excluding hydrogens is 122 g/mol. The second kappa shape index (κ2) is 5.53. The second-order valence-electron chi connectivity index (χ2n) is 1.43. The maximum atomic E-state index is 10.2. The standard InChI is InChI=1S/C5H10NO3/c1-9-3-2-6-5(8)4-7/h7H,2-4H2,1H3. The molecule has 0 atom stereocenters. The number of aliphatic hydroxyl groups is 1. The number of aliphatic hydroxyl groups excluding tert-OH is 1. The lowest BCUT2D eigenvalue weighted by molar-refractivity contribution is -0.124. The Morgan fingerprint density at radius 1 is 1.78 bits per heavy atom. The van der Waals surface area contributed by atoms with Crippen LogP contribution >= 0.6 is 0 Å². The molecule has 4 heteroatoms. The maximum absolute atomic E-state index is 10.2. The van der Waals surface area contributed by atoms with Gasteiger partial charge in [0, 0.05) is 7.11 Å². The summed E-state index contributed by atoms with van der Waals surface area (Å²) < 4.78 is 4.61. The minimum atomic E-state index is -0.510. The summed E-state index contributed by atoms with van der Waals surface area (Å²) in [6.45, 7) is 0.241. The minimum Gasteiger partial charge on any atom is -0.386 e. The van der Waals surface area contributed by atoms with Crippen LogP contribution in [-0.4, -0.2) is 37.9 Å². The number of hydrogen-bond acceptors (Lipinski definition) is 3. The minimum absolute atomic E-state index is 0.329. The molecule has 0 aliphatic rings. The molecule has 4 nitrogen and oxygen atoms in total. The Kier molecular flexibility index (Phi) is 5.15. The molecule has 0 heterocycles. The van der Waals surface area contributed by atoms with E-state index in [1.54, 1.807) is 0 Å². The van der Waals surface area contributed by atoms with Crippen molar-refractivity contribution in [3.05, 3.63) is 0 Å². The van der Waals surface area contributed by atoms with Gasteiger partial charge in [0.05, 0.1) is 13.2 Å². The van der Waals surface area contributed by atoms with Gasteiger partial charge in [0.25, 0.3) is 5.91 Å². The van der Waals surface area contributed by atoms with Gasteiger partial charge in [-0.05, 0) is 0 Å². The highest BCUT2D eigenvalue weighted by Gasteiger charge is 1.96. The lowest BCUT2D eigenvalue weighted by Gasteiger charge is -1.96. The fourth-order valence-electron chi connectivity index (χ4n) is 0.312. The second-order valence-corrected chi connectivity index (χ2v) is 1.43. The van der Waals surface area contributed by atoms with E-state index >= 15 is 0 Å². The number of carbonyl (C=O) groups is 1. The highest BCUT2D eigenvalue weighted by atomic mass is 16.5. The highest BCUT2D eigenvalue weighted by molar-refractivity contribution is 5.76. The van der Waals surface area contributed by atoms with Gasteiger partial charge in [-0.1, -0.05) is 0 Å². The van der Waals surface area contributed by atoms with Crippen LogP contribution in [0.1, 0.15) is 0 Å². The fraction of sp³-hybridized carbons (Fsp3) is 0.800. The van der Waals surface area contributed by atoms with Gasteiger partial charge in [0.2, 0.25) is 0 Å². The molecular formula is C5H10NO3. The zero-order valence-electron chi connectivity index (χ0n) is 5.33. The number of methoxy groups -OCH3 is 1. The normalized spacial score (nSPS) is 9.11. The van der Waals surface area contributed by atoms with Gasteiger partial charge < -0.3 is 9.84 Å². The first-order valence-electron chi connectivity index (χ1n) is 2.61. The summed E-state index contributed by atoms with van der Waals surface area (Å²) in [5, 5.41) is 11.6. The van der Waals surface area contributed by atoms with Crippen LogP contribution in [0.15, 0.2) is 0 Å². The van der Waals surface area contributed by atoms with Crippen molar-refractivity contribution in [1.29, 1.82) is 0 Å². The van der Waals surface area contributed by atoms with E-state index in [-0.39, 0.29) is 0 Å². The quantitative estimate of drug-likeness (QED) is 0.486. The monoisotopic (exact) mass is 132 g/mol. The molecule has 0 aromatic heterocycles. The van der Waals surface area contributed by atoms with Crippen molar-refractivity contribution in [3.8, 4) is 0 Å². The first-order chi connectivity index (χ1) is 4.31. The van der Waals surface area contributed by atoms with Gasteiger partial charge in [-0.2, -0.15) is 0 Å². The van der Waals surface area contributed by atoms with Gasteiger partial charge in [-0.3, -0.25) is 4.79 Å². The number of ether oxygens (including phenoxy) is 1. The zero-order valence-corrected chi connectivity index (χ0v) is 5.33. The average molecular weight is 132 g/mol. The van der Waals surface area contributed by atoms with Crippen molar-refractivity contribution in [2.75, 3.05) is 26.9 Å². The van der Waals surface area contributed by atoms with Crippen molar-refractivity contribution in [3.63, 3.8) is 0 Å².